The Kier molecular flexibility index (Phi) is 5.98. The van der Waals surface area contributed by atoms with Crippen LogP contribution < -0.4 is 10.1 Å². The number of rotatable bonds is 4. The van der Waals surface area contributed by atoms with E-state index in [1.54, 1.807) is 18.2 Å². The van der Waals surface area contributed by atoms with Gasteiger partial charge in [-0.05, 0) is 42.0 Å². The van der Waals surface area contributed by atoms with Gasteiger partial charge in [0.2, 0.25) is 5.91 Å². The molecule has 0 unspecified atom stereocenters. The van der Waals surface area contributed by atoms with Gasteiger partial charge in [-0.2, -0.15) is 13.2 Å². The molecule has 2 aromatic carbocycles. The minimum Gasteiger partial charge on any atom is -0.495 e. The van der Waals surface area contributed by atoms with Crippen LogP contribution in [-0.2, 0) is 11.0 Å². The number of benzene rings is 2. The van der Waals surface area contributed by atoms with Crippen molar-refractivity contribution < 1.29 is 22.7 Å². The maximum absolute atomic E-state index is 12.8. The molecule has 2 aromatic rings. The number of amides is 1. The van der Waals surface area contributed by atoms with Gasteiger partial charge in [0.1, 0.15) is 5.75 Å². The molecule has 25 heavy (non-hydrogen) atoms. The van der Waals surface area contributed by atoms with Gasteiger partial charge in [0.05, 0.1) is 22.7 Å². The summed E-state index contributed by atoms with van der Waals surface area (Å²) in [5.41, 5.74) is -0.387. The number of carbonyl (C=O) groups is 1. The SMILES string of the molecule is COc1cc(/C=C/C(=O)Nc2ccc(Cl)c(C(F)(F)F)c2)ccc1Cl. The second kappa shape index (κ2) is 7.80. The smallest absolute Gasteiger partial charge is 0.417 e. The summed E-state index contributed by atoms with van der Waals surface area (Å²) < 4.78 is 43.5. The summed E-state index contributed by atoms with van der Waals surface area (Å²) in [5.74, 6) is -0.152. The van der Waals surface area contributed by atoms with Gasteiger partial charge in [-0.3, -0.25) is 4.79 Å². The molecule has 0 heterocycles. The molecule has 0 bridgehead atoms. The Morgan fingerprint density at radius 3 is 2.44 bits per heavy atom. The first-order chi connectivity index (χ1) is 11.7. The van der Waals surface area contributed by atoms with Gasteiger partial charge >= 0.3 is 6.18 Å². The fourth-order valence-corrected chi connectivity index (χ4v) is 2.38. The largest absolute Gasteiger partial charge is 0.495 e. The van der Waals surface area contributed by atoms with Gasteiger partial charge < -0.3 is 10.1 Å². The number of carbonyl (C=O) groups excluding carboxylic acids is 1. The van der Waals surface area contributed by atoms with Crippen molar-refractivity contribution in [3.05, 3.63) is 63.6 Å². The Bertz CT molecular complexity index is 820. The minimum absolute atomic E-state index is 0.0138. The zero-order chi connectivity index (χ0) is 18.6. The van der Waals surface area contributed by atoms with Crippen LogP contribution in [0.15, 0.2) is 42.5 Å². The highest BCUT2D eigenvalue weighted by Crippen LogP contribution is 2.36. The zero-order valence-electron chi connectivity index (χ0n) is 12.8. The van der Waals surface area contributed by atoms with Gasteiger partial charge in [0.15, 0.2) is 0 Å². The fourth-order valence-electron chi connectivity index (χ4n) is 1.96. The Morgan fingerprint density at radius 1 is 1.12 bits per heavy atom. The summed E-state index contributed by atoms with van der Waals surface area (Å²) in [7, 11) is 1.46. The lowest BCUT2D eigenvalue weighted by molar-refractivity contribution is -0.137. The van der Waals surface area contributed by atoms with Crippen molar-refractivity contribution in [1.82, 2.24) is 0 Å². The third kappa shape index (κ3) is 5.14. The van der Waals surface area contributed by atoms with Crippen LogP contribution in [0.4, 0.5) is 18.9 Å². The Balaban J connectivity index is 2.13. The molecule has 1 amide bonds. The van der Waals surface area contributed by atoms with Crippen LogP contribution in [0.1, 0.15) is 11.1 Å². The van der Waals surface area contributed by atoms with Crippen LogP contribution in [0.2, 0.25) is 10.0 Å². The fraction of sp³-hybridized carbons (Fsp3) is 0.118. The lowest BCUT2D eigenvalue weighted by Gasteiger charge is -2.11. The summed E-state index contributed by atoms with van der Waals surface area (Å²) in [6, 6.07) is 8.03. The van der Waals surface area contributed by atoms with Crippen LogP contribution in [0.25, 0.3) is 6.08 Å². The molecule has 0 fully saturated rings. The molecule has 0 radical (unpaired) electrons. The molecule has 0 saturated carbocycles. The van der Waals surface area contributed by atoms with E-state index in [0.717, 1.165) is 12.1 Å². The molecular formula is C17H12Cl2F3NO2. The lowest BCUT2D eigenvalue weighted by atomic mass is 10.2. The Labute approximate surface area is 152 Å². The third-order valence-electron chi connectivity index (χ3n) is 3.14. The first-order valence-electron chi connectivity index (χ1n) is 6.90. The molecule has 0 aliphatic carbocycles. The van der Waals surface area contributed by atoms with Crippen LogP contribution in [0.5, 0.6) is 5.75 Å². The molecule has 2 rings (SSSR count). The number of nitrogens with one attached hydrogen (secondary N) is 1. The number of methoxy groups -OCH3 is 1. The van der Waals surface area contributed by atoms with E-state index in [0.29, 0.717) is 16.3 Å². The van der Waals surface area contributed by atoms with Crippen LogP contribution >= 0.6 is 23.2 Å². The molecule has 0 atom stereocenters. The normalized spacial score (nSPS) is 11.6. The molecule has 0 aliphatic rings. The van der Waals surface area contributed by atoms with Crippen molar-refractivity contribution in [1.29, 1.82) is 0 Å². The summed E-state index contributed by atoms with van der Waals surface area (Å²) in [6.45, 7) is 0. The van der Waals surface area contributed by atoms with E-state index in [-0.39, 0.29) is 5.69 Å². The van der Waals surface area contributed by atoms with Gasteiger partial charge in [-0.25, -0.2) is 0 Å². The molecule has 0 saturated heterocycles. The predicted molar refractivity (Wildman–Crippen MR) is 92.1 cm³/mol. The van der Waals surface area contributed by atoms with Gasteiger partial charge in [0, 0.05) is 11.8 Å². The van der Waals surface area contributed by atoms with E-state index in [1.165, 1.54) is 25.3 Å². The molecule has 132 valence electrons. The van der Waals surface area contributed by atoms with E-state index in [4.69, 9.17) is 27.9 Å². The molecule has 0 aromatic heterocycles. The van der Waals surface area contributed by atoms with Crippen LogP contribution in [-0.4, -0.2) is 13.0 Å². The Hall–Kier alpha value is -2.18. The van der Waals surface area contributed by atoms with Crippen molar-refractivity contribution in [2.45, 2.75) is 6.18 Å². The van der Waals surface area contributed by atoms with Crippen LogP contribution in [0, 0.1) is 0 Å². The third-order valence-corrected chi connectivity index (χ3v) is 3.78. The maximum Gasteiger partial charge on any atom is 0.417 e. The number of hydrogen-bond donors (Lipinski definition) is 1. The second-order valence-corrected chi connectivity index (χ2v) is 5.72. The van der Waals surface area contributed by atoms with Crippen molar-refractivity contribution >= 4 is 40.9 Å². The summed E-state index contributed by atoms with van der Waals surface area (Å²) in [6.07, 6.45) is -1.94. The molecule has 8 heteroatoms. The monoisotopic (exact) mass is 389 g/mol. The highest BCUT2D eigenvalue weighted by molar-refractivity contribution is 6.32. The topological polar surface area (TPSA) is 38.3 Å². The van der Waals surface area contributed by atoms with E-state index >= 15 is 0 Å². The number of halogens is 5. The zero-order valence-corrected chi connectivity index (χ0v) is 14.3. The van der Waals surface area contributed by atoms with E-state index in [9.17, 15) is 18.0 Å². The number of anilines is 1. The average Bonchev–Trinajstić information content (AvgIpc) is 2.55. The van der Waals surface area contributed by atoms with Crippen molar-refractivity contribution in [3.8, 4) is 5.75 Å². The maximum atomic E-state index is 12.8. The van der Waals surface area contributed by atoms with Gasteiger partial charge in [0.25, 0.3) is 0 Å². The molecule has 1 N–H and O–H groups in total. The Morgan fingerprint density at radius 2 is 1.80 bits per heavy atom. The van der Waals surface area contributed by atoms with Crippen molar-refractivity contribution in [3.63, 3.8) is 0 Å². The lowest BCUT2D eigenvalue weighted by Crippen LogP contribution is -2.11. The quantitative estimate of drug-likeness (QED) is 0.683. The molecule has 0 aliphatic heterocycles. The van der Waals surface area contributed by atoms with E-state index < -0.39 is 22.7 Å². The van der Waals surface area contributed by atoms with Crippen molar-refractivity contribution in [2.24, 2.45) is 0 Å². The number of alkyl halides is 3. The molecule has 3 nitrogen and oxygen atoms in total. The van der Waals surface area contributed by atoms with Crippen molar-refractivity contribution in [2.75, 3.05) is 12.4 Å². The molecule has 0 spiro atoms. The predicted octanol–water partition coefficient (Wildman–Crippen LogP) is 5.67. The van der Waals surface area contributed by atoms with E-state index in [1.807, 2.05) is 0 Å². The van der Waals surface area contributed by atoms with Crippen LogP contribution in [0.3, 0.4) is 0 Å². The number of ether oxygens (including phenoxy) is 1. The second-order valence-electron chi connectivity index (χ2n) is 4.91. The highest BCUT2D eigenvalue weighted by atomic mass is 35.5. The first kappa shape index (κ1) is 19.1. The molecular weight excluding hydrogens is 378 g/mol. The summed E-state index contributed by atoms with van der Waals surface area (Å²) >= 11 is 11.4. The van der Waals surface area contributed by atoms with E-state index in [2.05, 4.69) is 5.32 Å². The van der Waals surface area contributed by atoms with Gasteiger partial charge in [-0.1, -0.05) is 29.3 Å². The highest BCUT2D eigenvalue weighted by Gasteiger charge is 2.33. The summed E-state index contributed by atoms with van der Waals surface area (Å²) in [5, 5.41) is 2.34. The average molecular weight is 390 g/mol. The summed E-state index contributed by atoms with van der Waals surface area (Å²) in [4.78, 5) is 11.9. The number of hydrogen-bond acceptors (Lipinski definition) is 2. The first-order valence-corrected chi connectivity index (χ1v) is 7.65. The minimum atomic E-state index is -4.60. The van der Waals surface area contributed by atoms with Gasteiger partial charge in [-0.15, -0.1) is 0 Å². The standard InChI is InChI=1S/C17H12Cl2F3NO2/c1-25-15-8-10(2-5-14(15)19)3-7-16(24)23-11-4-6-13(18)12(9-11)17(20,21)22/h2-9H,1H3,(H,23,24)/b7-3+.